The number of rotatable bonds is 7. The summed E-state index contributed by atoms with van der Waals surface area (Å²) >= 11 is 0. The van der Waals surface area contributed by atoms with E-state index >= 15 is 0 Å². The molecule has 8 heteroatoms. The summed E-state index contributed by atoms with van der Waals surface area (Å²) in [6.07, 6.45) is 4.08. The van der Waals surface area contributed by atoms with Crippen LogP contribution in [0.5, 0.6) is 0 Å². The summed E-state index contributed by atoms with van der Waals surface area (Å²) in [6.45, 7) is 4.33. The summed E-state index contributed by atoms with van der Waals surface area (Å²) in [5.41, 5.74) is 3.38. The Bertz CT molecular complexity index is 1270. The van der Waals surface area contributed by atoms with E-state index < -0.39 is 5.91 Å². The molecule has 0 radical (unpaired) electrons. The summed E-state index contributed by atoms with van der Waals surface area (Å²) in [4.78, 5) is 28.3. The highest BCUT2D eigenvalue weighted by molar-refractivity contribution is 6.15. The van der Waals surface area contributed by atoms with E-state index in [-0.39, 0.29) is 23.2 Å². The third-order valence-corrected chi connectivity index (χ3v) is 6.31. The van der Waals surface area contributed by atoms with E-state index in [1.165, 1.54) is 24.6 Å². The molecule has 0 spiro atoms. The first kappa shape index (κ1) is 21.9. The number of nitrogens with one attached hydrogen (secondary N) is 2. The van der Waals surface area contributed by atoms with Gasteiger partial charge >= 0.3 is 0 Å². The molecule has 2 N–H and O–H groups in total. The van der Waals surface area contributed by atoms with E-state index in [4.69, 9.17) is 5.26 Å². The van der Waals surface area contributed by atoms with Crippen LogP contribution in [-0.4, -0.2) is 34.2 Å². The van der Waals surface area contributed by atoms with Gasteiger partial charge in [0.05, 0.1) is 36.0 Å². The van der Waals surface area contributed by atoms with Crippen molar-refractivity contribution in [2.45, 2.75) is 38.9 Å². The number of hydrogen-bond acceptors (Lipinski definition) is 5. The first-order valence-electron chi connectivity index (χ1n) is 11.5. The van der Waals surface area contributed by atoms with Gasteiger partial charge in [-0.15, -0.1) is 0 Å². The molecule has 1 fully saturated rings. The molecular formula is C26H26N6O2. The van der Waals surface area contributed by atoms with Gasteiger partial charge in [0.15, 0.2) is 0 Å². The van der Waals surface area contributed by atoms with Crippen LogP contribution in [0.3, 0.4) is 0 Å². The summed E-state index contributed by atoms with van der Waals surface area (Å²) < 4.78 is 1.60. The molecule has 2 amide bonds. The molecule has 1 aliphatic heterocycles. The zero-order valence-corrected chi connectivity index (χ0v) is 19.0. The molecule has 2 aromatic carbocycles. The number of hydrogen-bond donors (Lipinski definition) is 2. The lowest BCUT2D eigenvalue weighted by molar-refractivity contribution is 0.0933. The molecule has 172 valence electrons. The molecule has 1 atom stereocenters. The fourth-order valence-corrected chi connectivity index (χ4v) is 4.32. The Morgan fingerprint density at radius 3 is 2.74 bits per heavy atom. The summed E-state index contributed by atoms with van der Waals surface area (Å²) in [5.74, 6) is 0.140. The number of carbonyl (C=O) groups excluding carboxylic acids is 2. The average Bonchev–Trinajstić information content (AvgIpc) is 3.56. The first-order chi connectivity index (χ1) is 16.5. The molecule has 0 bridgehead atoms. The van der Waals surface area contributed by atoms with Gasteiger partial charge in [-0.25, -0.2) is 0 Å². The van der Waals surface area contributed by atoms with Crippen LogP contribution in [0.15, 0.2) is 54.7 Å². The molecule has 1 aliphatic carbocycles. The Hall–Kier alpha value is -3.96. The topological polar surface area (TPSA) is 103 Å². The third kappa shape index (κ3) is 4.43. The highest BCUT2D eigenvalue weighted by Gasteiger charge is 2.35. The van der Waals surface area contributed by atoms with Gasteiger partial charge in [0.25, 0.3) is 11.8 Å². The molecule has 2 aliphatic rings. The Kier molecular flexibility index (Phi) is 5.86. The molecule has 34 heavy (non-hydrogen) atoms. The number of anilines is 2. The number of nitriles is 1. The highest BCUT2D eigenvalue weighted by Crippen LogP contribution is 2.29. The van der Waals surface area contributed by atoms with Crippen molar-refractivity contribution in [2.24, 2.45) is 5.92 Å². The van der Waals surface area contributed by atoms with Crippen molar-refractivity contribution in [3.63, 3.8) is 0 Å². The predicted octanol–water partition coefficient (Wildman–Crippen LogP) is 3.56. The van der Waals surface area contributed by atoms with E-state index in [9.17, 15) is 9.59 Å². The van der Waals surface area contributed by atoms with Crippen molar-refractivity contribution in [1.82, 2.24) is 15.1 Å². The van der Waals surface area contributed by atoms with E-state index in [2.05, 4.69) is 21.8 Å². The van der Waals surface area contributed by atoms with Crippen molar-refractivity contribution in [3.8, 4) is 6.07 Å². The summed E-state index contributed by atoms with van der Waals surface area (Å²) in [7, 11) is 0. The maximum atomic E-state index is 13.5. The molecule has 3 aromatic rings. The number of amides is 2. The smallest absolute Gasteiger partial charge is 0.277 e. The monoisotopic (exact) mass is 454 g/mol. The molecule has 0 saturated heterocycles. The standard InChI is InChI=1S/C26H26N6O2/c1-17-16-31-24(23(15-29-31)25(33)30-21-4-2-3-20(11-21)12-27)26(34)32(17)22-9-7-19(8-10-22)14-28-13-18-5-6-18/h2-4,7-11,15,17-18,28H,5-6,13-14,16H2,1H3,(H,30,33)/t17-/m0/s1. The maximum absolute atomic E-state index is 13.5. The molecule has 1 aromatic heterocycles. The number of aromatic nitrogens is 2. The molecule has 1 saturated carbocycles. The predicted molar refractivity (Wildman–Crippen MR) is 128 cm³/mol. The van der Waals surface area contributed by atoms with Crippen LogP contribution in [-0.2, 0) is 13.1 Å². The Balaban J connectivity index is 1.34. The van der Waals surface area contributed by atoms with Crippen molar-refractivity contribution in [3.05, 3.63) is 77.1 Å². The van der Waals surface area contributed by atoms with Gasteiger partial charge in [-0.2, -0.15) is 10.4 Å². The van der Waals surface area contributed by atoms with E-state index in [0.717, 1.165) is 24.7 Å². The minimum absolute atomic E-state index is 0.109. The van der Waals surface area contributed by atoms with Gasteiger partial charge in [-0.05, 0) is 68.1 Å². The second-order valence-electron chi connectivity index (χ2n) is 9.00. The maximum Gasteiger partial charge on any atom is 0.277 e. The Morgan fingerprint density at radius 2 is 2.00 bits per heavy atom. The minimum Gasteiger partial charge on any atom is -0.322 e. The van der Waals surface area contributed by atoms with Crippen LogP contribution in [0.2, 0.25) is 0 Å². The Morgan fingerprint density at radius 1 is 1.21 bits per heavy atom. The average molecular weight is 455 g/mol. The lowest BCUT2D eigenvalue weighted by Gasteiger charge is -2.34. The fraction of sp³-hybridized carbons (Fsp3) is 0.308. The normalized spacial score (nSPS) is 17.2. The van der Waals surface area contributed by atoms with Gasteiger partial charge in [0.2, 0.25) is 0 Å². The largest absolute Gasteiger partial charge is 0.322 e. The van der Waals surface area contributed by atoms with Crippen LogP contribution in [0, 0.1) is 17.2 Å². The summed E-state index contributed by atoms with van der Waals surface area (Å²) in [6, 6.07) is 16.6. The third-order valence-electron chi connectivity index (χ3n) is 6.31. The molecule has 0 unspecified atom stereocenters. The zero-order valence-electron chi connectivity index (χ0n) is 19.0. The van der Waals surface area contributed by atoms with Crippen molar-refractivity contribution < 1.29 is 9.59 Å². The lowest BCUT2D eigenvalue weighted by atomic mass is 10.1. The highest BCUT2D eigenvalue weighted by atomic mass is 16.2. The second kappa shape index (κ2) is 9.12. The Labute approximate surface area is 198 Å². The number of benzene rings is 2. The van der Waals surface area contributed by atoms with Gasteiger partial charge < -0.3 is 15.5 Å². The van der Waals surface area contributed by atoms with Gasteiger partial charge in [-0.1, -0.05) is 18.2 Å². The fourth-order valence-electron chi connectivity index (χ4n) is 4.32. The first-order valence-corrected chi connectivity index (χ1v) is 11.5. The molecule has 2 heterocycles. The number of carbonyl (C=O) groups is 2. The van der Waals surface area contributed by atoms with E-state index in [1.54, 1.807) is 33.8 Å². The van der Waals surface area contributed by atoms with Crippen LogP contribution >= 0.6 is 0 Å². The second-order valence-corrected chi connectivity index (χ2v) is 9.00. The lowest BCUT2D eigenvalue weighted by Crippen LogP contribution is -2.47. The number of nitrogens with zero attached hydrogens (tertiary/aromatic N) is 4. The van der Waals surface area contributed by atoms with Crippen LogP contribution in [0.1, 0.15) is 51.7 Å². The van der Waals surface area contributed by atoms with Crippen LogP contribution < -0.4 is 15.5 Å². The molecular weight excluding hydrogens is 428 g/mol. The van der Waals surface area contributed by atoms with Crippen molar-refractivity contribution in [2.75, 3.05) is 16.8 Å². The van der Waals surface area contributed by atoms with Gasteiger partial charge in [0.1, 0.15) is 5.69 Å². The van der Waals surface area contributed by atoms with E-state index in [0.29, 0.717) is 17.8 Å². The quantitative estimate of drug-likeness (QED) is 0.568. The number of fused-ring (bicyclic) bond motifs is 1. The minimum atomic E-state index is -0.434. The molecule has 5 rings (SSSR count). The van der Waals surface area contributed by atoms with Crippen molar-refractivity contribution >= 4 is 23.2 Å². The SMILES string of the molecule is C[C@H]1Cn2ncc(C(=O)Nc3cccc(C#N)c3)c2C(=O)N1c1ccc(CNCC2CC2)cc1. The van der Waals surface area contributed by atoms with Gasteiger partial charge in [-0.3, -0.25) is 14.3 Å². The van der Waals surface area contributed by atoms with Crippen LogP contribution in [0.25, 0.3) is 0 Å². The van der Waals surface area contributed by atoms with E-state index in [1.807, 2.05) is 31.2 Å². The van der Waals surface area contributed by atoms with Gasteiger partial charge in [0, 0.05) is 17.9 Å². The van der Waals surface area contributed by atoms with Crippen LogP contribution in [0.4, 0.5) is 11.4 Å². The molecule has 8 nitrogen and oxygen atoms in total. The zero-order chi connectivity index (χ0) is 23.7. The summed E-state index contributed by atoms with van der Waals surface area (Å²) in [5, 5.41) is 19.6. The van der Waals surface area contributed by atoms with Crippen molar-refractivity contribution in [1.29, 1.82) is 5.26 Å².